The molecule has 1 aromatic carbocycles. The number of benzene rings is 1. The van der Waals surface area contributed by atoms with E-state index in [0.29, 0.717) is 5.92 Å². The van der Waals surface area contributed by atoms with Gasteiger partial charge >= 0.3 is 0 Å². The maximum atomic E-state index is 9.95. The predicted molar refractivity (Wildman–Crippen MR) is 78.6 cm³/mol. The number of thioether (sulfide) groups is 1. The van der Waals surface area contributed by atoms with Gasteiger partial charge in [0, 0.05) is 11.4 Å². The van der Waals surface area contributed by atoms with Gasteiger partial charge in [-0.05, 0) is 60.3 Å². The monoisotopic (exact) mass is 282 g/mol. The average molecular weight is 283 g/mol. The van der Waals surface area contributed by atoms with E-state index in [-0.39, 0.29) is 0 Å². The van der Waals surface area contributed by atoms with Crippen LogP contribution in [0, 0.1) is 0 Å². The fourth-order valence-electron chi connectivity index (χ4n) is 2.72. The molecule has 1 aliphatic heterocycles. The van der Waals surface area contributed by atoms with Gasteiger partial charge < -0.3 is 5.11 Å². The van der Waals surface area contributed by atoms with Crippen molar-refractivity contribution in [1.29, 1.82) is 0 Å². The Morgan fingerprint density at radius 2 is 2.00 bits per heavy atom. The van der Waals surface area contributed by atoms with E-state index < -0.39 is 5.60 Å². The van der Waals surface area contributed by atoms with Gasteiger partial charge in [0.2, 0.25) is 0 Å². The summed E-state index contributed by atoms with van der Waals surface area (Å²) in [5.74, 6) is 3.14. The second-order valence-electron chi connectivity index (χ2n) is 5.64. The molecule has 1 saturated carbocycles. The first-order chi connectivity index (χ1) is 8.66. The topological polar surface area (TPSA) is 20.2 Å². The Kier molecular flexibility index (Phi) is 3.61. The van der Waals surface area contributed by atoms with Gasteiger partial charge in [0.1, 0.15) is 0 Å². The number of rotatable bonds is 3. The molecule has 2 aliphatic rings. The van der Waals surface area contributed by atoms with Crippen LogP contribution < -0.4 is 0 Å². The van der Waals surface area contributed by atoms with Crippen LogP contribution in [0.4, 0.5) is 0 Å². The number of halogens is 1. The van der Waals surface area contributed by atoms with Crippen molar-refractivity contribution in [3.63, 3.8) is 0 Å². The molecular weight excluding hydrogens is 264 g/mol. The van der Waals surface area contributed by atoms with Crippen molar-refractivity contribution in [3.05, 3.63) is 34.3 Å². The van der Waals surface area contributed by atoms with Gasteiger partial charge in [-0.2, -0.15) is 11.8 Å². The van der Waals surface area contributed by atoms with Crippen LogP contribution in [0.5, 0.6) is 0 Å². The second kappa shape index (κ2) is 5.07. The fraction of sp³-hybridized carbons (Fsp3) is 0.600. The van der Waals surface area contributed by atoms with Crippen LogP contribution in [0.15, 0.2) is 18.2 Å². The van der Waals surface area contributed by atoms with Crippen LogP contribution in [0.25, 0.3) is 0 Å². The summed E-state index contributed by atoms with van der Waals surface area (Å²) < 4.78 is 0. The molecule has 3 heteroatoms. The summed E-state index contributed by atoms with van der Waals surface area (Å²) in [7, 11) is 0. The molecule has 98 valence electrons. The molecule has 0 amide bonds. The van der Waals surface area contributed by atoms with Gasteiger partial charge in [-0.25, -0.2) is 0 Å². The molecule has 3 rings (SSSR count). The van der Waals surface area contributed by atoms with Crippen molar-refractivity contribution in [2.24, 2.45) is 0 Å². The van der Waals surface area contributed by atoms with Gasteiger partial charge in [0.15, 0.2) is 0 Å². The van der Waals surface area contributed by atoms with Crippen molar-refractivity contribution >= 4 is 23.4 Å². The van der Waals surface area contributed by atoms with Gasteiger partial charge in [-0.1, -0.05) is 23.7 Å². The Bertz CT molecular complexity index is 436. The van der Waals surface area contributed by atoms with E-state index in [0.717, 1.165) is 24.3 Å². The summed E-state index contributed by atoms with van der Waals surface area (Å²) in [5, 5.41) is 10.8. The summed E-state index contributed by atoms with van der Waals surface area (Å²) in [5.41, 5.74) is 2.06. The molecule has 2 fully saturated rings. The first kappa shape index (κ1) is 12.8. The molecule has 1 aromatic rings. The zero-order valence-electron chi connectivity index (χ0n) is 10.5. The SMILES string of the molecule is OC1(Cc2ccc(C3CCSCC3)c(Cl)c2)CC1. The molecule has 0 spiro atoms. The van der Waals surface area contributed by atoms with E-state index >= 15 is 0 Å². The lowest BCUT2D eigenvalue weighted by Crippen LogP contribution is -2.12. The Morgan fingerprint density at radius 3 is 2.61 bits per heavy atom. The number of hydrogen-bond donors (Lipinski definition) is 1. The molecule has 0 unspecified atom stereocenters. The molecule has 1 heterocycles. The van der Waals surface area contributed by atoms with Gasteiger partial charge in [0.05, 0.1) is 5.60 Å². The zero-order chi connectivity index (χ0) is 12.6. The number of aliphatic hydroxyl groups is 1. The van der Waals surface area contributed by atoms with Crippen LogP contribution in [0.3, 0.4) is 0 Å². The van der Waals surface area contributed by atoms with E-state index in [1.165, 1.54) is 35.5 Å². The van der Waals surface area contributed by atoms with Crippen LogP contribution >= 0.6 is 23.4 Å². The Labute approximate surface area is 118 Å². The quantitative estimate of drug-likeness (QED) is 0.904. The van der Waals surface area contributed by atoms with Crippen molar-refractivity contribution in [2.75, 3.05) is 11.5 Å². The highest BCUT2D eigenvalue weighted by Gasteiger charge is 2.40. The smallest absolute Gasteiger partial charge is 0.0690 e. The van der Waals surface area contributed by atoms with E-state index in [4.69, 9.17) is 11.6 Å². The third kappa shape index (κ3) is 2.87. The molecule has 1 saturated heterocycles. The Morgan fingerprint density at radius 1 is 1.28 bits per heavy atom. The van der Waals surface area contributed by atoms with E-state index in [2.05, 4.69) is 18.2 Å². The molecule has 0 bridgehead atoms. The summed E-state index contributed by atoms with van der Waals surface area (Å²) in [6, 6.07) is 6.40. The van der Waals surface area contributed by atoms with Gasteiger partial charge in [-0.15, -0.1) is 0 Å². The van der Waals surface area contributed by atoms with Crippen LogP contribution in [-0.4, -0.2) is 22.2 Å². The predicted octanol–water partition coefficient (Wildman–Crippen LogP) is 4.02. The first-order valence-electron chi connectivity index (χ1n) is 6.75. The van der Waals surface area contributed by atoms with Crippen LogP contribution in [-0.2, 0) is 6.42 Å². The Hall–Kier alpha value is -0.180. The lowest BCUT2D eigenvalue weighted by atomic mass is 9.92. The maximum Gasteiger partial charge on any atom is 0.0690 e. The Balaban J connectivity index is 1.75. The third-order valence-corrected chi connectivity index (χ3v) is 5.46. The highest BCUT2D eigenvalue weighted by Crippen LogP contribution is 2.40. The second-order valence-corrected chi connectivity index (χ2v) is 7.28. The fourth-order valence-corrected chi connectivity index (χ4v) is 4.19. The highest BCUT2D eigenvalue weighted by atomic mass is 35.5. The zero-order valence-corrected chi connectivity index (χ0v) is 12.1. The normalized spacial score (nSPS) is 23.0. The van der Waals surface area contributed by atoms with Gasteiger partial charge in [-0.3, -0.25) is 0 Å². The van der Waals surface area contributed by atoms with Crippen molar-refractivity contribution in [1.82, 2.24) is 0 Å². The molecular formula is C15H19ClOS. The number of hydrogen-bond acceptors (Lipinski definition) is 2. The summed E-state index contributed by atoms with van der Waals surface area (Å²) in [4.78, 5) is 0. The van der Waals surface area contributed by atoms with Crippen LogP contribution in [0.1, 0.15) is 42.7 Å². The lowest BCUT2D eigenvalue weighted by molar-refractivity contribution is 0.151. The summed E-state index contributed by atoms with van der Waals surface area (Å²) in [6.07, 6.45) is 5.12. The molecule has 1 N–H and O–H groups in total. The van der Waals surface area contributed by atoms with Crippen molar-refractivity contribution in [2.45, 2.75) is 43.6 Å². The van der Waals surface area contributed by atoms with E-state index in [9.17, 15) is 5.11 Å². The van der Waals surface area contributed by atoms with Crippen LogP contribution in [0.2, 0.25) is 5.02 Å². The summed E-state index contributed by atoms with van der Waals surface area (Å²) in [6.45, 7) is 0. The first-order valence-corrected chi connectivity index (χ1v) is 8.28. The molecule has 0 atom stereocenters. The van der Waals surface area contributed by atoms with Gasteiger partial charge in [0.25, 0.3) is 0 Å². The lowest BCUT2D eigenvalue weighted by Gasteiger charge is -2.23. The highest BCUT2D eigenvalue weighted by molar-refractivity contribution is 7.99. The van der Waals surface area contributed by atoms with Crippen molar-refractivity contribution in [3.8, 4) is 0 Å². The minimum atomic E-state index is -0.424. The molecule has 1 aliphatic carbocycles. The standard InChI is InChI=1S/C15H19ClOS/c16-14-9-11(10-15(17)5-6-15)1-2-13(14)12-3-7-18-8-4-12/h1-2,9,12,17H,3-8,10H2. The average Bonchev–Trinajstić information content (AvgIpc) is 3.08. The molecule has 0 radical (unpaired) electrons. The minimum Gasteiger partial charge on any atom is -0.390 e. The molecule has 18 heavy (non-hydrogen) atoms. The van der Waals surface area contributed by atoms with E-state index in [1.807, 2.05) is 11.8 Å². The summed E-state index contributed by atoms with van der Waals surface area (Å²) >= 11 is 8.47. The maximum absolute atomic E-state index is 9.95. The van der Waals surface area contributed by atoms with E-state index in [1.54, 1.807) is 0 Å². The molecule has 1 nitrogen and oxygen atoms in total. The third-order valence-electron chi connectivity index (χ3n) is 4.09. The molecule has 0 aromatic heterocycles. The minimum absolute atomic E-state index is 0.424. The van der Waals surface area contributed by atoms with Crippen molar-refractivity contribution < 1.29 is 5.11 Å². The largest absolute Gasteiger partial charge is 0.390 e.